The van der Waals surface area contributed by atoms with E-state index in [2.05, 4.69) is 15.3 Å². The highest BCUT2D eigenvalue weighted by molar-refractivity contribution is 7.99. The van der Waals surface area contributed by atoms with Gasteiger partial charge >= 0.3 is 0 Å². The van der Waals surface area contributed by atoms with Crippen molar-refractivity contribution in [1.82, 2.24) is 9.97 Å². The van der Waals surface area contributed by atoms with Crippen LogP contribution in [0.5, 0.6) is 5.75 Å². The third-order valence-electron chi connectivity index (χ3n) is 3.81. The highest BCUT2D eigenvalue weighted by Gasteiger charge is 2.22. The van der Waals surface area contributed by atoms with E-state index in [9.17, 15) is 13.2 Å². The van der Waals surface area contributed by atoms with Crippen LogP contribution in [0.25, 0.3) is 0 Å². The van der Waals surface area contributed by atoms with Crippen LogP contribution < -0.4 is 15.8 Å². The molecule has 0 fully saturated rings. The Labute approximate surface area is 172 Å². The largest absolute Gasteiger partial charge is 0.497 e. The maximum absolute atomic E-state index is 12.6. The van der Waals surface area contributed by atoms with Crippen molar-refractivity contribution in [3.8, 4) is 5.75 Å². The molecule has 1 amide bonds. The van der Waals surface area contributed by atoms with Crippen LogP contribution in [0.3, 0.4) is 0 Å². The predicted octanol–water partition coefficient (Wildman–Crippen LogP) is 2.63. The Morgan fingerprint density at radius 2 is 1.83 bits per heavy atom. The fraction of sp³-hybridized carbons (Fsp3) is 0.105. The molecule has 29 heavy (non-hydrogen) atoms. The molecule has 0 radical (unpaired) electrons. The van der Waals surface area contributed by atoms with Crippen LogP contribution in [0.1, 0.15) is 0 Å². The van der Waals surface area contributed by atoms with E-state index < -0.39 is 9.84 Å². The average molecular weight is 431 g/mol. The zero-order chi connectivity index (χ0) is 20.9. The minimum Gasteiger partial charge on any atom is -0.497 e. The Hall–Kier alpha value is -3.11. The van der Waals surface area contributed by atoms with Crippen molar-refractivity contribution in [2.45, 2.75) is 14.9 Å². The fourth-order valence-corrected chi connectivity index (χ4v) is 4.28. The third kappa shape index (κ3) is 5.04. The molecule has 1 aromatic heterocycles. The lowest BCUT2D eigenvalue weighted by atomic mass is 10.3. The molecule has 0 saturated heterocycles. The van der Waals surface area contributed by atoms with Crippen molar-refractivity contribution in [2.75, 3.05) is 23.9 Å². The number of nitrogen functional groups attached to an aromatic ring is 1. The fourth-order valence-electron chi connectivity index (χ4n) is 2.37. The number of nitrogens with zero attached hydrogens (tertiary/aromatic N) is 2. The van der Waals surface area contributed by atoms with Gasteiger partial charge in [0.25, 0.3) is 0 Å². The molecule has 3 N–H and O–H groups in total. The lowest BCUT2D eigenvalue weighted by Crippen LogP contribution is -2.14. The second-order valence-corrected chi connectivity index (χ2v) is 8.64. The van der Waals surface area contributed by atoms with Gasteiger partial charge in [-0.05, 0) is 36.4 Å². The Morgan fingerprint density at radius 3 is 2.45 bits per heavy atom. The Morgan fingerprint density at radius 1 is 1.14 bits per heavy atom. The molecule has 1 heterocycles. The average Bonchev–Trinajstić information content (AvgIpc) is 2.73. The van der Waals surface area contributed by atoms with Crippen molar-refractivity contribution in [3.63, 3.8) is 0 Å². The molecule has 0 atom stereocenters. The van der Waals surface area contributed by atoms with Gasteiger partial charge in [-0.1, -0.05) is 30.0 Å². The third-order valence-corrected chi connectivity index (χ3v) is 6.46. The van der Waals surface area contributed by atoms with Crippen LogP contribution in [0.2, 0.25) is 0 Å². The summed E-state index contributed by atoms with van der Waals surface area (Å²) in [7, 11) is -2.25. The van der Waals surface area contributed by atoms with Crippen molar-refractivity contribution < 1.29 is 17.9 Å². The predicted molar refractivity (Wildman–Crippen MR) is 111 cm³/mol. The maximum Gasteiger partial charge on any atom is 0.234 e. The first-order valence-corrected chi connectivity index (χ1v) is 10.9. The second-order valence-electron chi connectivity index (χ2n) is 5.78. The number of ether oxygens (including phenoxy) is 1. The zero-order valence-electron chi connectivity index (χ0n) is 15.4. The number of carbonyl (C=O) groups excluding carboxylic acids is 1. The first kappa shape index (κ1) is 20.6. The quantitative estimate of drug-likeness (QED) is 0.433. The molecule has 150 valence electrons. The lowest BCUT2D eigenvalue weighted by Gasteiger charge is -2.08. The summed E-state index contributed by atoms with van der Waals surface area (Å²) in [5.41, 5.74) is 6.47. The van der Waals surface area contributed by atoms with Crippen LogP contribution in [0.4, 0.5) is 11.5 Å². The standard InChI is InChI=1S/C19H18N4O4S2/c1-27-14-9-7-13(8-10-14)22-17(24)12-28-19-21-11-16(18(20)23-19)29(25,26)15-5-3-2-4-6-15/h2-11H,12H2,1H3,(H,22,24)(H2,20,21,23). The van der Waals surface area contributed by atoms with Crippen molar-refractivity contribution >= 4 is 39.0 Å². The number of thioether (sulfide) groups is 1. The molecule has 0 saturated carbocycles. The SMILES string of the molecule is COc1ccc(NC(=O)CSc2ncc(S(=O)(=O)c3ccccc3)c(N)n2)cc1. The molecule has 0 aliphatic heterocycles. The molecule has 8 nitrogen and oxygen atoms in total. The van der Waals surface area contributed by atoms with E-state index in [1.165, 1.54) is 12.1 Å². The smallest absolute Gasteiger partial charge is 0.234 e. The zero-order valence-corrected chi connectivity index (χ0v) is 17.0. The van der Waals surface area contributed by atoms with E-state index in [1.54, 1.807) is 49.6 Å². The van der Waals surface area contributed by atoms with E-state index >= 15 is 0 Å². The van der Waals surface area contributed by atoms with Gasteiger partial charge in [-0.2, -0.15) is 0 Å². The van der Waals surface area contributed by atoms with Gasteiger partial charge in [0.1, 0.15) is 16.5 Å². The van der Waals surface area contributed by atoms with E-state index in [0.29, 0.717) is 11.4 Å². The van der Waals surface area contributed by atoms with Crippen molar-refractivity contribution in [2.24, 2.45) is 0 Å². The molecule has 3 rings (SSSR count). The summed E-state index contributed by atoms with van der Waals surface area (Å²) in [6, 6.07) is 14.8. The first-order valence-electron chi connectivity index (χ1n) is 8.39. The minimum atomic E-state index is -3.81. The monoisotopic (exact) mass is 430 g/mol. The second kappa shape index (κ2) is 8.93. The summed E-state index contributed by atoms with van der Waals surface area (Å²) in [4.78, 5) is 20.1. The summed E-state index contributed by atoms with van der Waals surface area (Å²) < 4.78 is 30.3. The molecule has 2 aromatic carbocycles. The summed E-state index contributed by atoms with van der Waals surface area (Å²) in [6.45, 7) is 0. The van der Waals surface area contributed by atoms with Gasteiger partial charge in [-0.25, -0.2) is 18.4 Å². The topological polar surface area (TPSA) is 124 Å². The van der Waals surface area contributed by atoms with Crippen LogP contribution >= 0.6 is 11.8 Å². The maximum atomic E-state index is 12.6. The number of rotatable bonds is 7. The molecule has 0 aliphatic carbocycles. The molecule has 0 bridgehead atoms. The Bertz CT molecular complexity index is 1100. The van der Waals surface area contributed by atoms with Crippen LogP contribution in [-0.2, 0) is 14.6 Å². The summed E-state index contributed by atoms with van der Waals surface area (Å²) in [5, 5.41) is 2.94. The number of hydrogen-bond acceptors (Lipinski definition) is 8. The van der Waals surface area contributed by atoms with Gasteiger partial charge < -0.3 is 15.8 Å². The number of amides is 1. The normalized spacial score (nSPS) is 11.1. The van der Waals surface area contributed by atoms with E-state index in [1.807, 2.05) is 0 Å². The van der Waals surface area contributed by atoms with Gasteiger partial charge in [0.2, 0.25) is 15.7 Å². The van der Waals surface area contributed by atoms with Gasteiger partial charge in [-0.3, -0.25) is 4.79 Å². The number of aromatic nitrogens is 2. The lowest BCUT2D eigenvalue weighted by molar-refractivity contribution is -0.113. The van der Waals surface area contributed by atoms with Gasteiger partial charge in [0.15, 0.2) is 5.16 Å². The highest BCUT2D eigenvalue weighted by Crippen LogP contribution is 2.26. The van der Waals surface area contributed by atoms with Crippen LogP contribution in [0.15, 0.2) is 75.7 Å². The number of anilines is 2. The highest BCUT2D eigenvalue weighted by atomic mass is 32.2. The summed E-state index contributed by atoms with van der Waals surface area (Å²) in [6.07, 6.45) is 1.16. The van der Waals surface area contributed by atoms with Gasteiger partial charge in [0.05, 0.1) is 24.0 Å². The number of benzene rings is 2. The van der Waals surface area contributed by atoms with Gasteiger partial charge in [-0.15, -0.1) is 0 Å². The molecule has 3 aromatic rings. The summed E-state index contributed by atoms with van der Waals surface area (Å²) in [5.74, 6) is 0.299. The number of carbonyl (C=O) groups is 1. The van der Waals surface area contributed by atoms with Crippen LogP contribution in [-0.4, -0.2) is 37.2 Å². The molecular weight excluding hydrogens is 412 g/mol. The minimum absolute atomic E-state index is 0.0379. The molecule has 10 heteroatoms. The number of nitrogens with one attached hydrogen (secondary N) is 1. The van der Waals surface area contributed by atoms with Gasteiger partial charge in [0, 0.05) is 5.69 Å². The summed E-state index contributed by atoms with van der Waals surface area (Å²) >= 11 is 1.05. The number of sulfone groups is 1. The Kier molecular flexibility index (Phi) is 6.35. The van der Waals surface area contributed by atoms with Crippen molar-refractivity contribution in [3.05, 3.63) is 60.8 Å². The van der Waals surface area contributed by atoms with E-state index in [-0.39, 0.29) is 32.4 Å². The van der Waals surface area contributed by atoms with E-state index in [0.717, 1.165) is 18.0 Å². The van der Waals surface area contributed by atoms with Crippen molar-refractivity contribution in [1.29, 1.82) is 0 Å². The first-order chi connectivity index (χ1) is 13.9. The number of nitrogens with two attached hydrogens (primary N) is 1. The van der Waals surface area contributed by atoms with Crippen LogP contribution in [0, 0.1) is 0 Å². The number of hydrogen-bond donors (Lipinski definition) is 2. The Balaban J connectivity index is 1.65. The number of methoxy groups -OCH3 is 1. The molecule has 0 spiro atoms. The molecule has 0 aliphatic rings. The van der Waals surface area contributed by atoms with E-state index in [4.69, 9.17) is 10.5 Å². The molecular formula is C19H18N4O4S2. The molecule has 0 unspecified atom stereocenters.